The highest BCUT2D eigenvalue weighted by atomic mass is 79.9. The molecular formula is C19H19BrN4O2. The Morgan fingerprint density at radius 1 is 1.15 bits per heavy atom. The lowest BCUT2D eigenvalue weighted by Gasteiger charge is -2.32. The summed E-state index contributed by atoms with van der Waals surface area (Å²) in [5.41, 5.74) is 2.22. The Morgan fingerprint density at radius 3 is 2.81 bits per heavy atom. The first-order valence-corrected chi connectivity index (χ1v) is 9.12. The lowest BCUT2D eigenvalue weighted by atomic mass is 9.92. The number of methoxy groups -OCH3 is 2. The van der Waals surface area contributed by atoms with Crippen LogP contribution < -0.4 is 14.8 Å². The SMILES string of the molecule is COc1ccc(OC)c([C@H]2C[C@@H](c3cccc(Br)c3)Nc3ncnn32)c1. The van der Waals surface area contributed by atoms with Gasteiger partial charge in [0, 0.05) is 10.0 Å². The Hall–Kier alpha value is -2.54. The minimum Gasteiger partial charge on any atom is -0.497 e. The van der Waals surface area contributed by atoms with Gasteiger partial charge in [-0.3, -0.25) is 0 Å². The lowest BCUT2D eigenvalue weighted by molar-refractivity contribution is 0.373. The molecule has 0 spiro atoms. The minimum atomic E-state index is -0.0113. The van der Waals surface area contributed by atoms with Crippen molar-refractivity contribution in [2.24, 2.45) is 0 Å². The summed E-state index contributed by atoms with van der Waals surface area (Å²) in [5.74, 6) is 2.35. The van der Waals surface area contributed by atoms with Crippen LogP contribution in [0.4, 0.5) is 5.95 Å². The highest BCUT2D eigenvalue weighted by Crippen LogP contribution is 2.41. The van der Waals surface area contributed by atoms with Gasteiger partial charge in [0.15, 0.2) is 0 Å². The first-order valence-electron chi connectivity index (χ1n) is 8.33. The molecule has 26 heavy (non-hydrogen) atoms. The quantitative estimate of drug-likeness (QED) is 0.692. The normalized spacial score (nSPS) is 18.7. The molecule has 2 aromatic carbocycles. The van der Waals surface area contributed by atoms with Crippen molar-refractivity contribution in [3.63, 3.8) is 0 Å². The van der Waals surface area contributed by atoms with Crippen LogP contribution in [-0.2, 0) is 0 Å². The Morgan fingerprint density at radius 2 is 2.04 bits per heavy atom. The van der Waals surface area contributed by atoms with E-state index in [-0.39, 0.29) is 12.1 Å². The molecule has 0 saturated carbocycles. The van der Waals surface area contributed by atoms with Gasteiger partial charge in [0.1, 0.15) is 17.8 Å². The van der Waals surface area contributed by atoms with E-state index < -0.39 is 0 Å². The van der Waals surface area contributed by atoms with Crippen LogP contribution in [-0.4, -0.2) is 29.0 Å². The van der Waals surface area contributed by atoms with E-state index >= 15 is 0 Å². The van der Waals surface area contributed by atoms with Gasteiger partial charge in [-0.1, -0.05) is 28.1 Å². The largest absolute Gasteiger partial charge is 0.497 e. The molecule has 6 nitrogen and oxygen atoms in total. The Bertz CT molecular complexity index is 927. The van der Waals surface area contributed by atoms with E-state index in [0.29, 0.717) is 0 Å². The van der Waals surface area contributed by atoms with E-state index in [1.165, 1.54) is 5.56 Å². The third-order valence-electron chi connectivity index (χ3n) is 4.68. The summed E-state index contributed by atoms with van der Waals surface area (Å²) in [6.07, 6.45) is 2.39. The standard InChI is InChI=1S/C19H19BrN4O2/c1-25-14-6-7-18(26-2)15(9-14)17-10-16(12-4-3-5-13(20)8-12)23-19-21-11-22-24(17)19/h3-9,11,16-17H,10H2,1-2H3,(H,21,22,23)/t16-,17+/m0/s1. The number of hydrogen-bond acceptors (Lipinski definition) is 5. The highest BCUT2D eigenvalue weighted by molar-refractivity contribution is 9.10. The zero-order chi connectivity index (χ0) is 18.1. The van der Waals surface area contributed by atoms with Crippen molar-refractivity contribution in [1.29, 1.82) is 0 Å². The van der Waals surface area contributed by atoms with Gasteiger partial charge in [-0.05, 0) is 42.3 Å². The number of fused-ring (bicyclic) bond motifs is 1. The number of hydrogen-bond donors (Lipinski definition) is 1. The van der Waals surface area contributed by atoms with Crippen LogP contribution >= 0.6 is 15.9 Å². The number of benzene rings is 2. The predicted octanol–water partition coefficient (Wildman–Crippen LogP) is 4.20. The molecule has 0 saturated heterocycles. The Kier molecular flexibility index (Phi) is 4.55. The molecule has 0 fully saturated rings. The molecule has 1 aliphatic rings. The number of aromatic nitrogens is 3. The zero-order valence-corrected chi connectivity index (χ0v) is 16.1. The van der Waals surface area contributed by atoms with Crippen molar-refractivity contribution in [3.05, 3.63) is 64.4 Å². The molecule has 0 aliphatic carbocycles. The average molecular weight is 415 g/mol. The number of rotatable bonds is 4. The third kappa shape index (κ3) is 3.03. The van der Waals surface area contributed by atoms with Gasteiger partial charge in [0.2, 0.25) is 5.95 Å². The molecule has 1 N–H and O–H groups in total. The second-order valence-electron chi connectivity index (χ2n) is 6.14. The molecule has 134 valence electrons. The molecule has 7 heteroatoms. The fourth-order valence-corrected chi connectivity index (χ4v) is 3.84. The van der Waals surface area contributed by atoms with Gasteiger partial charge in [0.05, 0.1) is 26.3 Å². The van der Waals surface area contributed by atoms with Crippen molar-refractivity contribution in [2.45, 2.75) is 18.5 Å². The number of halogens is 1. The van der Waals surface area contributed by atoms with Crippen molar-refractivity contribution in [2.75, 3.05) is 19.5 Å². The summed E-state index contributed by atoms with van der Waals surface area (Å²) in [6.45, 7) is 0. The number of anilines is 1. The Labute approximate surface area is 160 Å². The van der Waals surface area contributed by atoms with Crippen LogP contribution in [0.15, 0.2) is 53.3 Å². The predicted molar refractivity (Wildman–Crippen MR) is 103 cm³/mol. The van der Waals surface area contributed by atoms with Crippen LogP contribution in [0.25, 0.3) is 0 Å². The third-order valence-corrected chi connectivity index (χ3v) is 5.17. The van der Waals surface area contributed by atoms with Crippen LogP contribution in [0.5, 0.6) is 11.5 Å². The van der Waals surface area contributed by atoms with E-state index in [2.05, 4.69) is 43.5 Å². The maximum atomic E-state index is 5.60. The monoisotopic (exact) mass is 414 g/mol. The van der Waals surface area contributed by atoms with Crippen LogP contribution in [0, 0.1) is 0 Å². The summed E-state index contributed by atoms with van der Waals surface area (Å²) < 4.78 is 14.0. The van der Waals surface area contributed by atoms with Crippen molar-refractivity contribution < 1.29 is 9.47 Å². The van der Waals surface area contributed by atoms with E-state index in [1.807, 2.05) is 35.0 Å². The molecule has 0 unspecified atom stereocenters. The van der Waals surface area contributed by atoms with E-state index in [4.69, 9.17) is 9.47 Å². The van der Waals surface area contributed by atoms with Crippen molar-refractivity contribution in [1.82, 2.24) is 14.8 Å². The minimum absolute atomic E-state index is 0.0113. The first kappa shape index (κ1) is 16.9. The summed E-state index contributed by atoms with van der Waals surface area (Å²) >= 11 is 3.56. The van der Waals surface area contributed by atoms with Crippen LogP contribution in [0.1, 0.15) is 29.6 Å². The van der Waals surface area contributed by atoms with E-state index in [0.717, 1.165) is 33.9 Å². The van der Waals surface area contributed by atoms with Crippen LogP contribution in [0.2, 0.25) is 0 Å². The molecule has 2 heterocycles. The lowest BCUT2D eigenvalue weighted by Crippen LogP contribution is -2.28. The molecule has 2 atom stereocenters. The highest BCUT2D eigenvalue weighted by Gasteiger charge is 2.32. The van der Waals surface area contributed by atoms with Gasteiger partial charge in [-0.15, -0.1) is 0 Å². The topological polar surface area (TPSA) is 61.2 Å². The fraction of sp³-hybridized carbons (Fsp3) is 0.263. The smallest absolute Gasteiger partial charge is 0.222 e. The molecule has 1 aliphatic heterocycles. The maximum absolute atomic E-state index is 5.60. The molecule has 1 aromatic heterocycles. The maximum Gasteiger partial charge on any atom is 0.222 e. The molecule has 3 aromatic rings. The average Bonchev–Trinajstić information content (AvgIpc) is 3.15. The van der Waals surface area contributed by atoms with E-state index in [9.17, 15) is 0 Å². The van der Waals surface area contributed by atoms with Gasteiger partial charge >= 0.3 is 0 Å². The van der Waals surface area contributed by atoms with Crippen molar-refractivity contribution in [3.8, 4) is 11.5 Å². The number of nitrogens with one attached hydrogen (secondary N) is 1. The zero-order valence-electron chi connectivity index (χ0n) is 14.5. The van der Waals surface area contributed by atoms with Gasteiger partial charge in [-0.25, -0.2) is 4.68 Å². The Balaban J connectivity index is 1.79. The summed E-state index contributed by atoms with van der Waals surface area (Å²) in [4.78, 5) is 4.39. The van der Waals surface area contributed by atoms with Crippen molar-refractivity contribution >= 4 is 21.9 Å². The van der Waals surface area contributed by atoms with E-state index in [1.54, 1.807) is 20.5 Å². The second kappa shape index (κ2) is 6.99. The summed E-state index contributed by atoms with van der Waals surface area (Å²) in [6, 6.07) is 14.3. The number of nitrogens with zero attached hydrogens (tertiary/aromatic N) is 3. The molecular weight excluding hydrogens is 396 g/mol. The summed E-state index contributed by atoms with van der Waals surface area (Å²) in [7, 11) is 3.35. The molecule has 4 rings (SSSR count). The second-order valence-corrected chi connectivity index (χ2v) is 7.06. The molecule has 0 bridgehead atoms. The number of ether oxygens (including phenoxy) is 2. The van der Waals surface area contributed by atoms with Crippen LogP contribution in [0.3, 0.4) is 0 Å². The first-order chi connectivity index (χ1) is 12.7. The fourth-order valence-electron chi connectivity index (χ4n) is 3.42. The van der Waals surface area contributed by atoms with Gasteiger partial charge in [-0.2, -0.15) is 10.1 Å². The summed E-state index contributed by atoms with van der Waals surface area (Å²) in [5, 5.41) is 7.91. The molecule has 0 amide bonds. The van der Waals surface area contributed by atoms with Gasteiger partial charge in [0.25, 0.3) is 0 Å². The molecule has 0 radical (unpaired) electrons. The van der Waals surface area contributed by atoms with Gasteiger partial charge < -0.3 is 14.8 Å².